The molecule has 2 aliphatic heterocycles. The van der Waals surface area contributed by atoms with E-state index in [4.69, 9.17) is 4.99 Å². The third-order valence-electron chi connectivity index (χ3n) is 3.92. The van der Waals surface area contributed by atoms with Crippen LogP contribution in [0.15, 0.2) is 28.4 Å². The molecule has 0 bridgehead atoms. The Labute approximate surface area is 121 Å². The van der Waals surface area contributed by atoms with E-state index < -0.39 is 0 Å². The topological polar surface area (TPSA) is 32.7 Å². The predicted molar refractivity (Wildman–Crippen MR) is 81.1 cm³/mol. The summed E-state index contributed by atoms with van der Waals surface area (Å²) in [5.41, 5.74) is 3.73. The standard InChI is InChI=1S/C14H17IN2O/c1-9(18)17-6-2-3-14(17)13-8-10-7-11(15)4-5-12(10)16-13/h5,7,11,14H,2-4,6,8H2,1H3/t11?,14-/m0/s1. The van der Waals surface area contributed by atoms with E-state index in [9.17, 15) is 4.79 Å². The quantitative estimate of drug-likeness (QED) is 0.525. The molecule has 2 atom stereocenters. The van der Waals surface area contributed by atoms with Crippen molar-refractivity contribution in [2.75, 3.05) is 6.54 Å². The van der Waals surface area contributed by atoms with Crippen LogP contribution in [-0.2, 0) is 4.79 Å². The zero-order valence-electron chi connectivity index (χ0n) is 10.5. The van der Waals surface area contributed by atoms with Crippen LogP contribution in [0.5, 0.6) is 0 Å². The maximum Gasteiger partial charge on any atom is 0.219 e. The highest BCUT2D eigenvalue weighted by molar-refractivity contribution is 14.1. The Bertz CT molecular complexity index is 478. The molecule has 96 valence electrons. The van der Waals surface area contributed by atoms with Crippen LogP contribution in [0.1, 0.15) is 32.6 Å². The van der Waals surface area contributed by atoms with Gasteiger partial charge in [0, 0.05) is 29.5 Å². The molecular weight excluding hydrogens is 339 g/mol. The van der Waals surface area contributed by atoms with Crippen molar-refractivity contribution in [1.82, 2.24) is 4.90 Å². The van der Waals surface area contributed by atoms with Gasteiger partial charge in [0.1, 0.15) is 0 Å². The summed E-state index contributed by atoms with van der Waals surface area (Å²) >= 11 is 2.47. The van der Waals surface area contributed by atoms with Crippen LogP contribution in [0.3, 0.4) is 0 Å². The average Bonchev–Trinajstić information content (AvgIpc) is 2.93. The minimum Gasteiger partial charge on any atom is -0.335 e. The molecule has 1 saturated heterocycles. The molecule has 3 aliphatic rings. The number of hydrogen-bond donors (Lipinski definition) is 0. The van der Waals surface area contributed by atoms with E-state index in [2.05, 4.69) is 34.7 Å². The average molecular weight is 356 g/mol. The molecule has 0 spiro atoms. The van der Waals surface area contributed by atoms with E-state index in [0.29, 0.717) is 3.92 Å². The van der Waals surface area contributed by atoms with Crippen molar-refractivity contribution < 1.29 is 4.79 Å². The van der Waals surface area contributed by atoms with Gasteiger partial charge in [-0.25, -0.2) is 0 Å². The number of aliphatic imine (C=N–C) groups is 1. The monoisotopic (exact) mass is 356 g/mol. The van der Waals surface area contributed by atoms with Gasteiger partial charge in [-0.05, 0) is 24.8 Å². The van der Waals surface area contributed by atoms with Gasteiger partial charge in [0.05, 0.1) is 11.7 Å². The fourth-order valence-corrected chi connectivity index (χ4v) is 3.75. The van der Waals surface area contributed by atoms with Crippen LogP contribution in [0, 0.1) is 0 Å². The lowest BCUT2D eigenvalue weighted by Crippen LogP contribution is -2.38. The van der Waals surface area contributed by atoms with Crippen molar-refractivity contribution in [3.63, 3.8) is 0 Å². The molecule has 0 aromatic rings. The second-order valence-corrected chi connectivity index (χ2v) is 6.78. The summed E-state index contributed by atoms with van der Waals surface area (Å²) in [5.74, 6) is 0.185. The minimum atomic E-state index is 0.185. The molecule has 1 unspecified atom stereocenters. The van der Waals surface area contributed by atoms with E-state index in [1.807, 2.05) is 4.90 Å². The lowest BCUT2D eigenvalue weighted by Gasteiger charge is -2.23. The lowest BCUT2D eigenvalue weighted by molar-refractivity contribution is -0.128. The Morgan fingerprint density at radius 3 is 3.17 bits per heavy atom. The molecule has 18 heavy (non-hydrogen) atoms. The Morgan fingerprint density at radius 1 is 1.56 bits per heavy atom. The van der Waals surface area contributed by atoms with E-state index in [-0.39, 0.29) is 11.9 Å². The number of carbonyl (C=O) groups excluding carboxylic acids is 1. The second kappa shape index (κ2) is 4.79. The van der Waals surface area contributed by atoms with Gasteiger partial charge >= 0.3 is 0 Å². The number of rotatable bonds is 1. The Balaban J connectivity index is 1.83. The molecule has 1 amide bonds. The van der Waals surface area contributed by atoms with Crippen molar-refractivity contribution in [2.45, 2.75) is 42.6 Å². The molecule has 0 N–H and O–H groups in total. The van der Waals surface area contributed by atoms with Crippen molar-refractivity contribution in [2.24, 2.45) is 4.99 Å². The van der Waals surface area contributed by atoms with E-state index in [0.717, 1.165) is 37.9 Å². The van der Waals surface area contributed by atoms with Gasteiger partial charge in [0.15, 0.2) is 0 Å². The first-order valence-electron chi connectivity index (χ1n) is 6.55. The van der Waals surface area contributed by atoms with Crippen LogP contribution < -0.4 is 0 Å². The summed E-state index contributed by atoms with van der Waals surface area (Å²) in [4.78, 5) is 18.4. The Hall–Kier alpha value is -0.650. The van der Waals surface area contributed by atoms with Crippen LogP contribution in [0.2, 0.25) is 0 Å². The first-order valence-corrected chi connectivity index (χ1v) is 7.79. The molecular formula is C14H17IN2O. The Morgan fingerprint density at radius 2 is 2.39 bits per heavy atom. The van der Waals surface area contributed by atoms with Crippen LogP contribution >= 0.6 is 22.6 Å². The number of halogens is 1. The molecule has 2 heterocycles. The van der Waals surface area contributed by atoms with Crippen molar-refractivity contribution in [3.8, 4) is 0 Å². The maximum absolute atomic E-state index is 11.6. The van der Waals surface area contributed by atoms with E-state index in [1.165, 1.54) is 11.3 Å². The summed E-state index contributed by atoms with van der Waals surface area (Å²) in [6, 6.07) is 0.252. The molecule has 4 heteroatoms. The predicted octanol–water partition coefficient (Wildman–Crippen LogP) is 2.86. The van der Waals surface area contributed by atoms with Gasteiger partial charge in [0.25, 0.3) is 0 Å². The molecule has 1 aliphatic carbocycles. The normalized spacial score (nSPS) is 30.8. The maximum atomic E-state index is 11.6. The summed E-state index contributed by atoms with van der Waals surface area (Å²) < 4.78 is 0.600. The number of allylic oxidation sites excluding steroid dienone is 3. The Kier molecular flexibility index (Phi) is 3.30. The van der Waals surface area contributed by atoms with Gasteiger partial charge in [-0.2, -0.15) is 0 Å². The number of fused-ring (bicyclic) bond motifs is 1. The number of carbonyl (C=O) groups is 1. The molecule has 3 rings (SSSR count). The molecule has 1 fully saturated rings. The zero-order chi connectivity index (χ0) is 12.7. The first kappa shape index (κ1) is 12.4. The van der Waals surface area contributed by atoms with Crippen molar-refractivity contribution >= 4 is 34.2 Å². The number of hydrogen-bond acceptors (Lipinski definition) is 2. The van der Waals surface area contributed by atoms with Gasteiger partial charge in [-0.1, -0.05) is 34.7 Å². The van der Waals surface area contributed by atoms with Gasteiger partial charge in [-0.15, -0.1) is 0 Å². The van der Waals surface area contributed by atoms with E-state index in [1.54, 1.807) is 6.92 Å². The van der Waals surface area contributed by atoms with Crippen LogP contribution in [-0.4, -0.2) is 33.0 Å². The number of nitrogens with zero attached hydrogens (tertiary/aromatic N) is 2. The number of likely N-dealkylation sites (tertiary alicyclic amines) is 1. The summed E-state index contributed by atoms with van der Waals surface area (Å²) in [7, 11) is 0. The fraction of sp³-hybridized carbons (Fsp3) is 0.571. The van der Waals surface area contributed by atoms with Gasteiger partial charge in [-0.3, -0.25) is 9.79 Å². The zero-order valence-corrected chi connectivity index (χ0v) is 12.7. The first-order chi connectivity index (χ1) is 8.65. The van der Waals surface area contributed by atoms with Crippen LogP contribution in [0.4, 0.5) is 0 Å². The number of alkyl halides is 1. The summed E-state index contributed by atoms with van der Waals surface area (Å²) in [6.45, 7) is 2.56. The largest absolute Gasteiger partial charge is 0.335 e. The van der Waals surface area contributed by atoms with Crippen LogP contribution in [0.25, 0.3) is 0 Å². The molecule has 3 nitrogen and oxygen atoms in total. The lowest BCUT2D eigenvalue weighted by atomic mass is 9.99. The highest BCUT2D eigenvalue weighted by Crippen LogP contribution is 2.35. The summed E-state index contributed by atoms with van der Waals surface area (Å²) in [5, 5.41) is 0. The molecule has 0 radical (unpaired) electrons. The van der Waals surface area contributed by atoms with E-state index >= 15 is 0 Å². The molecule has 0 saturated carbocycles. The third-order valence-corrected chi connectivity index (χ3v) is 4.79. The minimum absolute atomic E-state index is 0.185. The van der Waals surface area contributed by atoms with Gasteiger partial charge in [0.2, 0.25) is 5.91 Å². The molecule has 0 aromatic carbocycles. The highest BCUT2D eigenvalue weighted by atomic mass is 127. The third kappa shape index (κ3) is 2.15. The smallest absolute Gasteiger partial charge is 0.219 e. The van der Waals surface area contributed by atoms with Gasteiger partial charge < -0.3 is 4.90 Å². The highest BCUT2D eigenvalue weighted by Gasteiger charge is 2.34. The molecule has 0 aromatic heterocycles. The second-order valence-electron chi connectivity index (χ2n) is 5.18. The van der Waals surface area contributed by atoms with Crippen molar-refractivity contribution in [3.05, 3.63) is 23.4 Å². The van der Waals surface area contributed by atoms with Crippen molar-refractivity contribution in [1.29, 1.82) is 0 Å². The fourth-order valence-electron chi connectivity index (χ4n) is 3.07. The SMILES string of the molecule is CC(=O)N1CCC[C@H]1C1=NC2=CCC(I)C=C2C1. The number of amides is 1. The summed E-state index contributed by atoms with van der Waals surface area (Å²) in [6.07, 6.45) is 8.78.